The van der Waals surface area contributed by atoms with Gasteiger partial charge in [0.1, 0.15) is 11.6 Å². The Balaban J connectivity index is 1.40. The molecule has 8 heteroatoms. The number of methoxy groups -OCH3 is 1. The van der Waals surface area contributed by atoms with E-state index in [0.29, 0.717) is 50.1 Å². The summed E-state index contributed by atoms with van der Waals surface area (Å²) in [6.07, 6.45) is 0. The van der Waals surface area contributed by atoms with Gasteiger partial charge in [-0.05, 0) is 29.8 Å². The van der Waals surface area contributed by atoms with Gasteiger partial charge in [-0.2, -0.15) is 4.98 Å². The van der Waals surface area contributed by atoms with E-state index in [2.05, 4.69) is 15.5 Å². The minimum Gasteiger partial charge on any atom is -0.497 e. The van der Waals surface area contributed by atoms with Crippen LogP contribution in [0.5, 0.6) is 5.75 Å². The lowest BCUT2D eigenvalue weighted by molar-refractivity contribution is 0.122. The van der Waals surface area contributed by atoms with Crippen LogP contribution in [0.15, 0.2) is 47.0 Å². The molecule has 0 atom stereocenters. The monoisotopic (exact) mass is 384 g/mol. The minimum atomic E-state index is -0.246. The number of halogens is 1. The van der Waals surface area contributed by atoms with E-state index in [-0.39, 0.29) is 11.8 Å². The summed E-state index contributed by atoms with van der Waals surface area (Å²) in [5.41, 5.74) is 2.18. The first-order chi connectivity index (χ1) is 13.7. The first-order valence-electron chi connectivity index (χ1n) is 9.06. The van der Waals surface area contributed by atoms with Crippen LogP contribution in [0.25, 0.3) is 11.4 Å². The number of benzene rings is 2. The second-order valence-electron chi connectivity index (χ2n) is 6.39. The maximum Gasteiger partial charge on any atom is 0.322 e. The molecule has 2 heterocycles. The van der Waals surface area contributed by atoms with Crippen LogP contribution in [-0.2, 0) is 11.3 Å². The molecule has 4 rings (SSSR count). The van der Waals surface area contributed by atoms with Crippen molar-refractivity contribution in [2.24, 2.45) is 0 Å². The Labute approximate surface area is 162 Å². The third-order valence-electron chi connectivity index (χ3n) is 4.56. The number of ether oxygens (including phenoxy) is 2. The molecule has 0 radical (unpaired) electrons. The van der Waals surface area contributed by atoms with Crippen molar-refractivity contribution in [2.75, 3.05) is 43.6 Å². The number of hydrogen-bond acceptors (Lipinski definition) is 7. The van der Waals surface area contributed by atoms with Crippen LogP contribution >= 0.6 is 0 Å². The van der Waals surface area contributed by atoms with Crippen molar-refractivity contribution in [1.82, 2.24) is 10.1 Å². The highest BCUT2D eigenvalue weighted by atomic mass is 19.1. The van der Waals surface area contributed by atoms with Gasteiger partial charge in [-0.25, -0.2) is 4.39 Å². The second kappa shape index (κ2) is 8.26. The molecule has 0 spiro atoms. The first-order valence-corrected chi connectivity index (χ1v) is 9.06. The number of morpholine rings is 1. The van der Waals surface area contributed by atoms with Crippen molar-refractivity contribution in [2.45, 2.75) is 6.54 Å². The molecule has 146 valence electrons. The Bertz CT molecular complexity index is 941. The minimum absolute atomic E-state index is 0.246. The maximum absolute atomic E-state index is 14.5. The zero-order chi connectivity index (χ0) is 19.3. The molecule has 1 saturated heterocycles. The highest BCUT2D eigenvalue weighted by molar-refractivity contribution is 5.58. The van der Waals surface area contributed by atoms with Crippen LogP contribution in [0.2, 0.25) is 0 Å². The van der Waals surface area contributed by atoms with Crippen LogP contribution in [0.4, 0.5) is 16.1 Å². The summed E-state index contributed by atoms with van der Waals surface area (Å²) in [7, 11) is 1.60. The number of rotatable bonds is 6. The molecule has 0 saturated carbocycles. The molecule has 0 aliphatic carbocycles. The fraction of sp³-hybridized carbons (Fsp3) is 0.300. The van der Waals surface area contributed by atoms with E-state index < -0.39 is 0 Å². The average molecular weight is 384 g/mol. The highest BCUT2D eigenvalue weighted by Gasteiger charge is 2.15. The van der Waals surface area contributed by atoms with Gasteiger partial charge in [-0.1, -0.05) is 23.4 Å². The normalized spacial score (nSPS) is 14.1. The largest absolute Gasteiger partial charge is 0.497 e. The van der Waals surface area contributed by atoms with Crippen molar-refractivity contribution < 1.29 is 18.4 Å². The number of hydrogen-bond donors (Lipinski definition) is 1. The van der Waals surface area contributed by atoms with Gasteiger partial charge < -0.3 is 24.2 Å². The zero-order valence-corrected chi connectivity index (χ0v) is 15.5. The van der Waals surface area contributed by atoms with Gasteiger partial charge in [0.05, 0.1) is 26.0 Å². The standard InChI is InChI=1S/C20H21FN4O3/c1-26-16-4-2-3-15(12-16)19-23-20(28-24-19)22-13-14-5-6-18(17(21)11-14)25-7-9-27-10-8-25/h2-6,11-12H,7-10,13H2,1H3,(H,22,23,24). The summed E-state index contributed by atoms with van der Waals surface area (Å²) >= 11 is 0. The third-order valence-corrected chi connectivity index (χ3v) is 4.56. The Morgan fingerprint density at radius 1 is 1.18 bits per heavy atom. The van der Waals surface area contributed by atoms with Crippen LogP contribution in [0, 0.1) is 5.82 Å². The van der Waals surface area contributed by atoms with E-state index in [1.54, 1.807) is 13.2 Å². The number of aromatic nitrogens is 2. The van der Waals surface area contributed by atoms with Gasteiger partial charge in [0.15, 0.2) is 0 Å². The fourth-order valence-electron chi connectivity index (χ4n) is 3.07. The summed E-state index contributed by atoms with van der Waals surface area (Å²) in [5, 5.41) is 7.00. The smallest absolute Gasteiger partial charge is 0.322 e. The molecule has 0 unspecified atom stereocenters. The summed E-state index contributed by atoms with van der Waals surface area (Å²) in [4.78, 5) is 6.32. The molecule has 28 heavy (non-hydrogen) atoms. The van der Waals surface area contributed by atoms with Gasteiger partial charge in [-0.3, -0.25) is 0 Å². The predicted molar refractivity (Wildman–Crippen MR) is 103 cm³/mol. The molecule has 1 aliphatic rings. The molecule has 3 aromatic rings. The Morgan fingerprint density at radius 2 is 2.04 bits per heavy atom. The number of anilines is 2. The van der Waals surface area contributed by atoms with Crippen LogP contribution in [-0.4, -0.2) is 43.6 Å². The molecule has 1 aromatic heterocycles. The van der Waals surface area contributed by atoms with Crippen molar-refractivity contribution >= 4 is 11.7 Å². The topological polar surface area (TPSA) is 72.7 Å². The van der Waals surface area contributed by atoms with Crippen LogP contribution in [0.3, 0.4) is 0 Å². The van der Waals surface area contributed by atoms with E-state index in [1.165, 1.54) is 6.07 Å². The summed E-state index contributed by atoms with van der Waals surface area (Å²) < 4.78 is 30.2. The first kappa shape index (κ1) is 18.2. The summed E-state index contributed by atoms with van der Waals surface area (Å²) in [6.45, 7) is 3.01. The van der Waals surface area contributed by atoms with Crippen molar-refractivity contribution in [1.29, 1.82) is 0 Å². The van der Waals surface area contributed by atoms with E-state index in [4.69, 9.17) is 14.0 Å². The van der Waals surface area contributed by atoms with Gasteiger partial charge in [0, 0.05) is 25.2 Å². The van der Waals surface area contributed by atoms with Gasteiger partial charge >= 0.3 is 6.01 Å². The van der Waals surface area contributed by atoms with Crippen molar-refractivity contribution in [3.8, 4) is 17.1 Å². The van der Waals surface area contributed by atoms with E-state index in [9.17, 15) is 4.39 Å². The van der Waals surface area contributed by atoms with Crippen LogP contribution in [0.1, 0.15) is 5.56 Å². The molecule has 0 bridgehead atoms. The molecular formula is C20H21FN4O3. The van der Waals surface area contributed by atoms with E-state index in [0.717, 1.165) is 11.1 Å². The quantitative estimate of drug-likeness (QED) is 0.699. The van der Waals surface area contributed by atoms with Gasteiger partial charge in [-0.15, -0.1) is 0 Å². The second-order valence-corrected chi connectivity index (χ2v) is 6.39. The highest BCUT2D eigenvalue weighted by Crippen LogP contribution is 2.24. The lowest BCUT2D eigenvalue weighted by Crippen LogP contribution is -2.36. The van der Waals surface area contributed by atoms with Crippen molar-refractivity contribution in [3.05, 3.63) is 53.8 Å². The molecule has 1 fully saturated rings. The van der Waals surface area contributed by atoms with E-state index >= 15 is 0 Å². The van der Waals surface area contributed by atoms with E-state index in [1.807, 2.05) is 35.2 Å². The molecule has 1 N–H and O–H groups in total. The molecule has 1 aliphatic heterocycles. The summed E-state index contributed by atoms with van der Waals surface area (Å²) in [5.74, 6) is 0.923. The molecule has 2 aromatic carbocycles. The Morgan fingerprint density at radius 3 is 2.82 bits per heavy atom. The number of nitrogens with one attached hydrogen (secondary N) is 1. The molecule has 7 nitrogen and oxygen atoms in total. The zero-order valence-electron chi connectivity index (χ0n) is 15.5. The molecule has 0 amide bonds. The SMILES string of the molecule is COc1cccc(-c2noc(NCc3ccc(N4CCOCC4)c(F)c3)n2)c1. The summed E-state index contributed by atoms with van der Waals surface area (Å²) in [6, 6.07) is 12.9. The maximum atomic E-state index is 14.5. The Kier molecular flexibility index (Phi) is 5.38. The third kappa shape index (κ3) is 4.07. The predicted octanol–water partition coefficient (Wildman–Crippen LogP) is 3.33. The fourth-order valence-corrected chi connectivity index (χ4v) is 3.07. The lowest BCUT2D eigenvalue weighted by Gasteiger charge is -2.29. The number of nitrogens with zero attached hydrogens (tertiary/aromatic N) is 3. The lowest BCUT2D eigenvalue weighted by atomic mass is 10.1. The molecular weight excluding hydrogens is 363 g/mol. The van der Waals surface area contributed by atoms with Gasteiger partial charge in [0.2, 0.25) is 5.82 Å². The van der Waals surface area contributed by atoms with Gasteiger partial charge in [0.25, 0.3) is 0 Å². The average Bonchev–Trinajstić information content (AvgIpc) is 3.22. The van der Waals surface area contributed by atoms with Crippen LogP contribution < -0.4 is 15.0 Å². The Hall–Kier alpha value is -3.13. The van der Waals surface area contributed by atoms with Crippen molar-refractivity contribution in [3.63, 3.8) is 0 Å².